The topological polar surface area (TPSA) is 13.1 Å². The molecule has 15 heavy (non-hydrogen) atoms. The molecular weight excluding hydrogens is 228 g/mol. The van der Waals surface area contributed by atoms with Crippen LogP contribution in [0.1, 0.15) is 32.0 Å². The highest BCUT2D eigenvalue weighted by Gasteiger charge is 2.18. The first-order valence-corrected chi connectivity index (χ1v) is 6.10. The summed E-state index contributed by atoms with van der Waals surface area (Å²) in [6.45, 7) is 6.15. The monoisotopic (exact) mass is 240 g/mol. The van der Waals surface area contributed by atoms with Gasteiger partial charge in [0.2, 0.25) is 0 Å². The smallest absolute Gasteiger partial charge is 0.105 e. The van der Waals surface area contributed by atoms with Gasteiger partial charge in [-0.15, -0.1) is 22.9 Å². The largest absolute Gasteiger partial charge is 0.469 e. The van der Waals surface area contributed by atoms with Crippen LogP contribution >= 0.6 is 22.9 Å². The van der Waals surface area contributed by atoms with Gasteiger partial charge < -0.3 is 4.42 Å². The maximum absolute atomic E-state index is 6.45. The second-order valence-electron chi connectivity index (χ2n) is 3.70. The Morgan fingerprint density at radius 2 is 2.07 bits per heavy atom. The van der Waals surface area contributed by atoms with Crippen molar-refractivity contribution in [2.75, 3.05) is 0 Å². The Hall–Kier alpha value is -0.730. The second kappa shape index (κ2) is 4.03. The Bertz CT molecular complexity index is 470. The van der Waals surface area contributed by atoms with Gasteiger partial charge in [0.05, 0.1) is 11.6 Å². The number of aryl methyl sites for hydroxylation is 3. The Kier molecular flexibility index (Phi) is 2.89. The molecule has 3 heteroatoms. The third-order valence-electron chi connectivity index (χ3n) is 2.48. The summed E-state index contributed by atoms with van der Waals surface area (Å²) in [5, 5.41) is -0.0811. The van der Waals surface area contributed by atoms with Crippen molar-refractivity contribution >= 4 is 22.9 Å². The van der Waals surface area contributed by atoms with Gasteiger partial charge in [-0.2, -0.15) is 0 Å². The molecular formula is C12H13ClOS. The molecule has 2 aromatic heterocycles. The van der Waals surface area contributed by atoms with Gasteiger partial charge >= 0.3 is 0 Å². The molecule has 1 unspecified atom stereocenters. The van der Waals surface area contributed by atoms with E-state index in [1.807, 2.05) is 13.0 Å². The number of alkyl halides is 1. The minimum Gasteiger partial charge on any atom is -0.469 e. The summed E-state index contributed by atoms with van der Waals surface area (Å²) in [6, 6.07) is 4.12. The van der Waals surface area contributed by atoms with Crippen LogP contribution in [0.3, 0.4) is 0 Å². The van der Waals surface area contributed by atoms with E-state index < -0.39 is 0 Å². The Labute approximate surface area is 98.7 Å². The predicted molar refractivity (Wildman–Crippen MR) is 64.9 cm³/mol. The Morgan fingerprint density at radius 1 is 1.33 bits per heavy atom. The second-order valence-corrected chi connectivity index (χ2v) is 5.42. The van der Waals surface area contributed by atoms with Gasteiger partial charge in [-0.1, -0.05) is 0 Å². The predicted octanol–water partition coefficient (Wildman–Crippen LogP) is 4.59. The fourth-order valence-corrected chi connectivity index (χ4v) is 3.28. The van der Waals surface area contributed by atoms with Gasteiger partial charge in [0.15, 0.2) is 0 Å². The summed E-state index contributed by atoms with van der Waals surface area (Å²) in [4.78, 5) is 2.52. The van der Waals surface area contributed by atoms with E-state index in [4.69, 9.17) is 16.0 Å². The molecule has 2 rings (SSSR count). The minimum atomic E-state index is -0.0811. The van der Waals surface area contributed by atoms with Gasteiger partial charge in [-0.3, -0.25) is 0 Å². The van der Waals surface area contributed by atoms with Crippen LogP contribution < -0.4 is 0 Å². The molecule has 2 heterocycles. The summed E-state index contributed by atoms with van der Waals surface area (Å²) in [5.74, 6) is 0.903. The maximum Gasteiger partial charge on any atom is 0.105 e. The standard InChI is InChI=1S/C12H13ClOS/c1-7-6-8(2)15-12(7)11(13)10-4-5-14-9(10)3/h4-6,11H,1-3H3. The van der Waals surface area contributed by atoms with Crippen LogP contribution in [0.4, 0.5) is 0 Å². The maximum atomic E-state index is 6.45. The average molecular weight is 241 g/mol. The summed E-state index contributed by atoms with van der Waals surface area (Å²) in [5.41, 5.74) is 2.33. The summed E-state index contributed by atoms with van der Waals surface area (Å²) in [7, 11) is 0. The van der Waals surface area contributed by atoms with Crippen molar-refractivity contribution < 1.29 is 4.42 Å². The average Bonchev–Trinajstić information content (AvgIpc) is 2.71. The SMILES string of the molecule is Cc1cc(C)c(C(Cl)c2ccoc2C)s1. The van der Waals surface area contributed by atoms with E-state index in [0.29, 0.717) is 0 Å². The first-order valence-electron chi connectivity index (χ1n) is 4.84. The third-order valence-corrected chi connectivity index (χ3v) is 4.28. The zero-order valence-corrected chi connectivity index (χ0v) is 10.6. The molecule has 0 aromatic carbocycles. The Morgan fingerprint density at radius 3 is 2.53 bits per heavy atom. The lowest BCUT2D eigenvalue weighted by Crippen LogP contribution is -1.91. The van der Waals surface area contributed by atoms with Gasteiger partial charge in [-0.25, -0.2) is 0 Å². The van der Waals surface area contributed by atoms with Crippen molar-refractivity contribution in [2.24, 2.45) is 0 Å². The molecule has 0 aliphatic carbocycles. The van der Waals surface area contributed by atoms with Gasteiger partial charge in [0.25, 0.3) is 0 Å². The van der Waals surface area contributed by atoms with Crippen molar-refractivity contribution in [2.45, 2.75) is 26.1 Å². The summed E-state index contributed by atoms with van der Waals surface area (Å²) in [6.07, 6.45) is 1.69. The summed E-state index contributed by atoms with van der Waals surface area (Å²) >= 11 is 8.20. The van der Waals surface area contributed by atoms with E-state index in [-0.39, 0.29) is 5.38 Å². The molecule has 2 aromatic rings. The number of hydrogen-bond acceptors (Lipinski definition) is 2. The number of halogens is 1. The minimum absolute atomic E-state index is 0.0811. The van der Waals surface area contributed by atoms with Crippen LogP contribution in [0.5, 0.6) is 0 Å². The lowest BCUT2D eigenvalue weighted by atomic mass is 10.1. The highest BCUT2D eigenvalue weighted by atomic mass is 35.5. The van der Waals surface area contributed by atoms with Crippen LogP contribution in [0, 0.1) is 20.8 Å². The van der Waals surface area contributed by atoms with E-state index in [1.54, 1.807) is 17.6 Å². The molecule has 0 aliphatic heterocycles. The number of hydrogen-bond donors (Lipinski definition) is 0. The summed E-state index contributed by atoms with van der Waals surface area (Å²) < 4.78 is 5.27. The molecule has 1 nitrogen and oxygen atoms in total. The van der Waals surface area contributed by atoms with Gasteiger partial charge in [-0.05, 0) is 38.5 Å². The Balaban J connectivity index is 2.40. The molecule has 0 saturated heterocycles. The van der Waals surface area contributed by atoms with E-state index in [9.17, 15) is 0 Å². The van der Waals surface area contributed by atoms with Crippen molar-refractivity contribution in [1.29, 1.82) is 0 Å². The number of rotatable bonds is 2. The molecule has 0 radical (unpaired) electrons. The normalized spacial score (nSPS) is 13.1. The zero-order valence-electron chi connectivity index (χ0n) is 9.00. The van der Waals surface area contributed by atoms with Crippen LogP contribution in [0.15, 0.2) is 22.8 Å². The van der Waals surface area contributed by atoms with Crippen LogP contribution in [-0.2, 0) is 0 Å². The molecule has 0 spiro atoms. The van der Waals surface area contributed by atoms with Crippen molar-refractivity contribution in [3.8, 4) is 0 Å². The first kappa shape index (κ1) is 10.8. The molecule has 0 N–H and O–H groups in total. The highest BCUT2D eigenvalue weighted by Crippen LogP contribution is 2.37. The van der Waals surface area contributed by atoms with Crippen molar-refractivity contribution in [1.82, 2.24) is 0 Å². The lowest BCUT2D eigenvalue weighted by molar-refractivity contribution is 0.530. The molecule has 1 atom stereocenters. The van der Waals surface area contributed by atoms with Crippen molar-refractivity contribution in [3.05, 3.63) is 45.0 Å². The first-order chi connectivity index (χ1) is 7.09. The fourth-order valence-electron chi connectivity index (χ4n) is 1.71. The van der Waals surface area contributed by atoms with E-state index in [0.717, 1.165) is 11.3 Å². The molecule has 80 valence electrons. The third kappa shape index (κ3) is 1.97. The molecule has 0 amide bonds. The molecule has 0 bridgehead atoms. The van der Waals surface area contributed by atoms with Crippen LogP contribution in [0.2, 0.25) is 0 Å². The van der Waals surface area contributed by atoms with E-state index in [1.165, 1.54) is 15.3 Å². The van der Waals surface area contributed by atoms with Crippen LogP contribution in [-0.4, -0.2) is 0 Å². The lowest BCUT2D eigenvalue weighted by Gasteiger charge is -2.07. The number of thiophene rings is 1. The molecule has 0 saturated carbocycles. The quantitative estimate of drug-likeness (QED) is 0.700. The molecule has 0 fully saturated rings. The van der Waals surface area contributed by atoms with Gasteiger partial charge in [0, 0.05) is 15.3 Å². The van der Waals surface area contributed by atoms with E-state index in [2.05, 4.69) is 19.9 Å². The van der Waals surface area contributed by atoms with Crippen LogP contribution in [0.25, 0.3) is 0 Å². The number of furan rings is 1. The highest BCUT2D eigenvalue weighted by molar-refractivity contribution is 7.12. The molecule has 0 aliphatic rings. The van der Waals surface area contributed by atoms with E-state index >= 15 is 0 Å². The zero-order chi connectivity index (χ0) is 11.0. The fraction of sp³-hybridized carbons (Fsp3) is 0.333. The van der Waals surface area contributed by atoms with Crippen molar-refractivity contribution in [3.63, 3.8) is 0 Å². The van der Waals surface area contributed by atoms with Gasteiger partial charge in [0.1, 0.15) is 5.76 Å².